The van der Waals surface area contributed by atoms with Crippen LogP contribution in [-0.2, 0) is 11.3 Å². The molecule has 0 atom stereocenters. The predicted octanol–water partition coefficient (Wildman–Crippen LogP) is 5.82. The first-order valence-corrected chi connectivity index (χ1v) is 13.0. The van der Waals surface area contributed by atoms with Crippen LogP contribution in [0.25, 0.3) is 11.3 Å². The third-order valence-electron chi connectivity index (χ3n) is 6.49. The topological polar surface area (TPSA) is 67.8 Å². The van der Waals surface area contributed by atoms with Gasteiger partial charge in [0, 0.05) is 37.4 Å². The van der Waals surface area contributed by atoms with Crippen LogP contribution >= 0.6 is 0 Å². The second kappa shape index (κ2) is 11.9. The number of anilines is 1. The molecular weight excluding hydrogens is 476 g/mol. The molecule has 0 N–H and O–H groups in total. The van der Waals surface area contributed by atoms with Crippen LogP contribution in [0.3, 0.4) is 0 Å². The van der Waals surface area contributed by atoms with Crippen LogP contribution in [0.1, 0.15) is 29.8 Å². The van der Waals surface area contributed by atoms with E-state index in [9.17, 15) is 4.79 Å². The van der Waals surface area contributed by atoms with E-state index < -0.39 is 0 Å². The summed E-state index contributed by atoms with van der Waals surface area (Å²) in [7, 11) is 0. The van der Waals surface area contributed by atoms with Crippen LogP contribution in [-0.4, -0.2) is 53.1 Å². The number of rotatable bonds is 8. The highest BCUT2D eigenvalue weighted by Crippen LogP contribution is 2.29. The number of morpholine rings is 1. The molecule has 0 radical (unpaired) electrons. The van der Waals surface area contributed by atoms with Crippen molar-refractivity contribution in [2.24, 2.45) is 0 Å². The summed E-state index contributed by atoms with van der Waals surface area (Å²) < 4.78 is 11.5. The third-order valence-corrected chi connectivity index (χ3v) is 6.49. The zero-order valence-electron chi connectivity index (χ0n) is 21.8. The Balaban J connectivity index is 1.49. The van der Waals surface area contributed by atoms with E-state index in [0.717, 1.165) is 16.9 Å². The largest absolute Gasteiger partial charge is 0.457 e. The highest BCUT2D eigenvalue weighted by atomic mass is 16.5. The Hall–Kier alpha value is -4.23. The summed E-state index contributed by atoms with van der Waals surface area (Å²) in [5.41, 5.74) is 2.98. The maximum Gasteiger partial charge on any atom is 0.258 e. The molecule has 7 nitrogen and oxygen atoms in total. The normalized spacial score (nSPS) is 13.4. The van der Waals surface area contributed by atoms with Gasteiger partial charge in [0.1, 0.15) is 11.5 Å². The van der Waals surface area contributed by atoms with Crippen LogP contribution < -0.4 is 9.64 Å². The highest BCUT2D eigenvalue weighted by molar-refractivity contribution is 6.00. The smallest absolute Gasteiger partial charge is 0.258 e. The number of amides is 1. The molecule has 1 aromatic heterocycles. The summed E-state index contributed by atoms with van der Waals surface area (Å²) in [5, 5.41) is 0. The van der Waals surface area contributed by atoms with Crippen molar-refractivity contribution in [1.29, 1.82) is 0 Å². The Morgan fingerprint density at radius 2 is 1.55 bits per heavy atom. The number of carbonyl (C=O) groups excluding carboxylic acids is 1. The highest BCUT2D eigenvalue weighted by Gasteiger charge is 2.25. The van der Waals surface area contributed by atoms with Gasteiger partial charge < -0.3 is 19.3 Å². The summed E-state index contributed by atoms with van der Waals surface area (Å²) >= 11 is 0. The van der Waals surface area contributed by atoms with E-state index in [1.807, 2.05) is 104 Å². The molecule has 4 aromatic rings. The first kappa shape index (κ1) is 25.4. The summed E-state index contributed by atoms with van der Waals surface area (Å²) in [5.74, 6) is 1.98. The zero-order chi connectivity index (χ0) is 26.3. The lowest BCUT2D eigenvalue weighted by Crippen LogP contribution is -2.38. The lowest BCUT2D eigenvalue weighted by Gasteiger charge is -2.29. The van der Waals surface area contributed by atoms with E-state index in [0.29, 0.717) is 55.8 Å². The fraction of sp³-hybridized carbons (Fsp3) is 0.258. The van der Waals surface area contributed by atoms with E-state index >= 15 is 0 Å². The van der Waals surface area contributed by atoms with Crippen LogP contribution in [0.4, 0.5) is 5.95 Å². The van der Waals surface area contributed by atoms with Crippen molar-refractivity contribution < 1.29 is 14.3 Å². The first-order valence-electron chi connectivity index (χ1n) is 13.0. The Morgan fingerprint density at radius 1 is 0.921 bits per heavy atom. The fourth-order valence-corrected chi connectivity index (χ4v) is 4.39. The SMILES string of the molecule is CC(C)N(Cc1ccccc1)C(=O)c1cnc(N2CCOCC2)nc1-c1ccc(Oc2ccccc2)cc1. The van der Waals surface area contributed by atoms with Crippen molar-refractivity contribution in [1.82, 2.24) is 14.9 Å². The average molecular weight is 509 g/mol. The maximum atomic E-state index is 14.0. The molecule has 1 fully saturated rings. The summed E-state index contributed by atoms with van der Waals surface area (Å²) in [4.78, 5) is 27.5. The molecule has 1 amide bonds. The Bertz CT molecular complexity index is 1340. The Morgan fingerprint density at radius 3 is 2.21 bits per heavy atom. The monoisotopic (exact) mass is 508 g/mol. The van der Waals surface area contributed by atoms with Crippen molar-refractivity contribution in [3.63, 3.8) is 0 Å². The molecule has 0 spiro atoms. The standard InChI is InChI=1S/C31H32N4O3/c1-23(2)35(22-24-9-5-3-6-10-24)30(36)28-21-32-31(34-17-19-37-20-18-34)33-29(28)25-13-15-27(16-14-25)38-26-11-7-4-8-12-26/h3-16,21,23H,17-20,22H2,1-2H3. The fourth-order valence-electron chi connectivity index (χ4n) is 4.39. The zero-order valence-corrected chi connectivity index (χ0v) is 21.8. The predicted molar refractivity (Wildman–Crippen MR) is 148 cm³/mol. The van der Waals surface area contributed by atoms with Crippen LogP contribution in [0.2, 0.25) is 0 Å². The molecule has 38 heavy (non-hydrogen) atoms. The minimum atomic E-state index is -0.100. The third kappa shape index (κ3) is 6.01. The average Bonchev–Trinajstić information content (AvgIpc) is 2.97. The number of nitrogens with zero attached hydrogens (tertiary/aromatic N) is 4. The van der Waals surface area contributed by atoms with Gasteiger partial charge in [-0.3, -0.25) is 4.79 Å². The molecular formula is C31H32N4O3. The van der Waals surface area contributed by atoms with Gasteiger partial charge in [-0.15, -0.1) is 0 Å². The quantitative estimate of drug-likeness (QED) is 0.299. The minimum Gasteiger partial charge on any atom is -0.457 e. The summed E-state index contributed by atoms with van der Waals surface area (Å²) in [6.45, 7) is 7.24. The van der Waals surface area contributed by atoms with E-state index in [2.05, 4.69) is 9.88 Å². The summed E-state index contributed by atoms with van der Waals surface area (Å²) in [6.07, 6.45) is 1.67. The van der Waals surface area contributed by atoms with Crippen LogP contribution in [0, 0.1) is 0 Å². The molecule has 0 aliphatic carbocycles. The van der Waals surface area contributed by atoms with Gasteiger partial charge in [-0.1, -0.05) is 48.5 Å². The molecule has 5 rings (SSSR count). The van der Waals surface area contributed by atoms with Crippen molar-refractivity contribution in [2.45, 2.75) is 26.4 Å². The number of hydrogen-bond donors (Lipinski definition) is 0. The minimum absolute atomic E-state index is 0.00359. The van der Waals surface area contributed by atoms with Crippen LogP contribution in [0.15, 0.2) is 91.1 Å². The molecule has 0 saturated carbocycles. The van der Waals surface area contributed by atoms with E-state index in [4.69, 9.17) is 14.5 Å². The molecule has 1 aliphatic rings. The van der Waals surface area contributed by atoms with Gasteiger partial charge in [0.15, 0.2) is 0 Å². The van der Waals surface area contributed by atoms with E-state index in [-0.39, 0.29) is 11.9 Å². The summed E-state index contributed by atoms with van der Waals surface area (Å²) in [6, 6.07) is 27.4. The molecule has 7 heteroatoms. The molecule has 2 heterocycles. The molecule has 1 aliphatic heterocycles. The van der Waals surface area contributed by atoms with Gasteiger partial charge in [0.2, 0.25) is 5.95 Å². The second-order valence-electron chi connectivity index (χ2n) is 9.48. The number of hydrogen-bond acceptors (Lipinski definition) is 6. The van der Waals surface area contributed by atoms with Gasteiger partial charge in [0.05, 0.1) is 24.5 Å². The Kier molecular flexibility index (Phi) is 7.95. The number of para-hydroxylation sites is 1. The Labute approximate surface area is 223 Å². The van der Waals surface area contributed by atoms with Crippen LogP contribution in [0.5, 0.6) is 11.5 Å². The van der Waals surface area contributed by atoms with Crippen molar-refractivity contribution in [3.8, 4) is 22.8 Å². The van der Waals surface area contributed by atoms with Crippen molar-refractivity contribution in [3.05, 3.63) is 102 Å². The molecule has 0 bridgehead atoms. The second-order valence-corrected chi connectivity index (χ2v) is 9.48. The number of benzene rings is 3. The van der Waals surface area contributed by atoms with Gasteiger partial charge in [-0.25, -0.2) is 9.97 Å². The number of ether oxygens (including phenoxy) is 2. The first-order chi connectivity index (χ1) is 18.6. The molecule has 194 valence electrons. The van der Waals surface area contributed by atoms with Gasteiger partial charge in [0.25, 0.3) is 5.91 Å². The van der Waals surface area contributed by atoms with E-state index in [1.54, 1.807) is 6.20 Å². The maximum absolute atomic E-state index is 14.0. The molecule has 3 aromatic carbocycles. The van der Waals surface area contributed by atoms with Gasteiger partial charge in [-0.2, -0.15) is 0 Å². The number of aromatic nitrogens is 2. The van der Waals surface area contributed by atoms with Crippen molar-refractivity contribution in [2.75, 3.05) is 31.2 Å². The number of carbonyl (C=O) groups is 1. The van der Waals surface area contributed by atoms with Gasteiger partial charge in [-0.05, 0) is 55.8 Å². The van der Waals surface area contributed by atoms with Gasteiger partial charge >= 0.3 is 0 Å². The van der Waals surface area contributed by atoms with E-state index in [1.165, 1.54) is 0 Å². The molecule has 0 unspecified atom stereocenters. The lowest BCUT2D eigenvalue weighted by molar-refractivity contribution is 0.0690. The lowest BCUT2D eigenvalue weighted by atomic mass is 10.0. The molecule has 1 saturated heterocycles. The van der Waals surface area contributed by atoms with Crippen molar-refractivity contribution >= 4 is 11.9 Å².